The summed E-state index contributed by atoms with van der Waals surface area (Å²) >= 11 is 0. The number of rotatable bonds is 61. The molecule has 0 saturated carbocycles. The lowest BCUT2D eigenvalue weighted by atomic mass is 10.0. The highest BCUT2D eigenvalue weighted by Gasteiger charge is 2.30. The number of phosphoric ester groups is 2. The van der Waals surface area contributed by atoms with Crippen molar-refractivity contribution >= 4 is 39.5 Å². The summed E-state index contributed by atoms with van der Waals surface area (Å²) in [5.41, 5.74) is 0. The van der Waals surface area contributed by atoms with Gasteiger partial charge in [-0.2, -0.15) is 0 Å². The molecule has 0 saturated heterocycles. The standard InChI is InChI=1S/C62H120O17P2/c1-7-9-11-13-24-32-38-44-59(64)72-50-57(78-61(66)46-40-34-25-14-12-10-8-2)52-76-80(68,69)74-48-56(63)49-75-81(70,71)77-53-58(51-73-60(65)45-39-33-28-23-19-21-27-31-37-43-55(5)6)79-62(67)47-41-35-29-22-18-16-15-17-20-26-30-36-42-54(3)4/h54-58,63H,7-53H2,1-6H3,(H,68,69)(H,70,71)/t56-,57+,58+/m0/s1. The molecular formula is C62H120O17P2. The second-order valence-electron chi connectivity index (χ2n) is 23.4. The van der Waals surface area contributed by atoms with Crippen LogP contribution in [-0.2, 0) is 65.4 Å². The van der Waals surface area contributed by atoms with Crippen molar-refractivity contribution in [2.45, 2.75) is 323 Å². The zero-order valence-corrected chi connectivity index (χ0v) is 53.9. The van der Waals surface area contributed by atoms with Gasteiger partial charge in [0.2, 0.25) is 0 Å². The maximum atomic E-state index is 13.0. The molecule has 0 spiro atoms. The molecule has 0 bridgehead atoms. The Kier molecular flexibility index (Phi) is 53.4. The zero-order chi connectivity index (χ0) is 60.1. The van der Waals surface area contributed by atoms with E-state index in [1.54, 1.807) is 0 Å². The molecule has 81 heavy (non-hydrogen) atoms. The minimum atomic E-state index is -4.94. The number of aliphatic hydroxyl groups is 1. The van der Waals surface area contributed by atoms with E-state index in [0.29, 0.717) is 25.7 Å². The van der Waals surface area contributed by atoms with Gasteiger partial charge in [-0.3, -0.25) is 37.3 Å². The van der Waals surface area contributed by atoms with Gasteiger partial charge in [0.25, 0.3) is 0 Å². The molecule has 0 amide bonds. The Labute approximate surface area is 492 Å². The van der Waals surface area contributed by atoms with Gasteiger partial charge in [0, 0.05) is 25.7 Å². The summed E-state index contributed by atoms with van der Waals surface area (Å²) in [6, 6.07) is 0. The summed E-state index contributed by atoms with van der Waals surface area (Å²) in [7, 11) is -9.87. The SMILES string of the molecule is CCCCCCCCCC(=O)OC[C@H](COP(=O)(O)OC[C@H](O)COP(=O)(O)OC[C@@H](COC(=O)CCCCCCCCCCCC(C)C)OC(=O)CCCCCCCCCCCCCCC(C)C)OC(=O)CCCCCCCCC. The third-order valence-corrected chi connectivity index (χ3v) is 16.1. The Morgan fingerprint density at radius 3 is 0.840 bits per heavy atom. The molecule has 0 aliphatic heterocycles. The molecule has 5 atom stereocenters. The Hall–Kier alpha value is -1.94. The van der Waals surface area contributed by atoms with Gasteiger partial charge in [0.05, 0.1) is 26.4 Å². The largest absolute Gasteiger partial charge is 0.472 e. The molecule has 0 radical (unpaired) electrons. The van der Waals surface area contributed by atoms with Crippen molar-refractivity contribution in [3.05, 3.63) is 0 Å². The first-order valence-electron chi connectivity index (χ1n) is 32.5. The molecule has 2 unspecified atom stereocenters. The summed E-state index contributed by atoms with van der Waals surface area (Å²) in [6.45, 7) is 9.39. The van der Waals surface area contributed by atoms with E-state index in [1.165, 1.54) is 96.3 Å². The van der Waals surface area contributed by atoms with Crippen LogP contribution in [0.25, 0.3) is 0 Å². The van der Waals surface area contributed by atoms with Crippen molar-refractivity contribution in [3.63, 3.8) is 0 Å². The first kappa shape index (κ1) is 79.1. The first-order valence-corrected chi connectivity index (χ1v) is 35.5. The Morgan fingerprint density at radius 1 is 0.333 bits per heavy atom. The number of esters is 4. The van der Waals surface area contributed by atoms with E-state index in [0.717, 1.165) is 127 Å². The molecule has 480 valence electrons. The average Bonchev–Trinajstić information content (AvgIpc) is 3.42. The van der Waals surface area contributed by atoms with Gasteiger partial charge in [-0.1, -0.05) is 253 Å². The van der Waals surface area contributed by atoms with E-state index in [-0.39, 0.29) is 25.7 Å². The van der Waals surface area contributed by atoms with E-state index < -0.39 is 97.5 Å². The fourth-order valence-corrected chi connectivity index (χ4v) is 10.8. The number of carbonyl (C=O) groups is 4. The third kappa shape index (κ3) is 56.9. The molecule has 3 N–H and O–H groups in total. The van der Waals surface area contributed by atoms with Crippen LogP contribution >= 0.6 is 15.6 Å². The molecule has 0 aromatic carbocycles. The number of hydrogen-bond donors (Lipinski definition) is 3. The molecule has 0 aliphatic carbocycles. The van der Waals surface area contributed by atoms with Gasteiger partial charge in [0.1, 0.15) is 19.3 Å². The predicted octanol–water partition coefficient (Wildman–Crippen LogP) is 16.9. The quantitative estimate of drug-likeness (QED) is 0.0222. The van der Waals surface area contributed by atoms with Gasteiger partial charge in [0.15, 0.2) is 12.2 Å². The highest BCUT2D eigenvalue weighted by atomic mass is 31.2. The second-order valence-corrected chi connectivity index (χ2v) is 26.3. The Morgan fingerprint density at radius 2 is 0.568 bits per heavy atom. The van der Waals surface area contributed by atoms with Gasteiger partial charge in [-0.15, -0.1) is 0 Å². The van der Waals surface area contributed by atoms with Crippen molar-refractivity contribution in [1.29, 1.82) is 0 Å². The normalized spacial score (nSPS) is 14.4. The molecule has 0 heterocycles. The maximum absolute atomic E-state index is 13.0. The first-order chi connectivity index (χ1) is 38.9. The van der Waals surface area contributed by atoms with E-state index in [2.05, 4.69) is 41.5 Å². The van der Waals surface area contributed by atoms with Gasteiger partial charge >= 0.3 is 39.5 Å². The van der Waals surface area contributed by atoms with Crippen LogP contribution < -0.4 is 0 Å². The van der Waals surface area contributed by atoms with E-state index in [9.17, 15) is 43.2 Å². The summed E-state index contributed by atoms with van der Waals surface area (Å²) in [4.78, 5) is 71.9. The fourth-order valence-electron chi connectivity index (χ4n) is 9.18. The monoisotopic (exact) mass is 1200 g/mol. The lowest BCUT2D eigenvalue weighted by molar-refractivity contribution is -0.161. The summed E-state index contributed by atoms with van der Waals surface area (Å²) < 4.78 is 67.7. The van der Waals surface area contributed by atoms with Crippen molar-refractivity contribution < 1.29 is 80.2 Å². The molecule has 19 heteroatoms. The van der Waals surface area contributed by atoms with Crippen LogP contribution in [0, 0.1) is 11.8 Å². The molecule has 0 rings (SSSR count). The molecule has 0 fully saturated rings. The highest BCUT2D eigenvalue weighted by Crippen LogP contribution is 2.45. The highest BCUT2D eigenvalue weighted by molar-refractivity contribution is 7.47. The summed E-state index contributed by atoms with van der Waals surface area (Å²) in [5, 5.41) is 10.5. The van der Waals surface area contributed by atoms with Crippen LogP contribution in [-0.4, -0.2) is 96.7 Å². The second kappa shape index (κ2) is 54.7. The number of ether oxygens (including phenoxy) is 4. The van der Waals surface area contributed by atoms with Crippen LogP contribution in [0.1, 0.15) is 305 Å². The molecule has 0 aromatic rings. The lowest BCUT2D eigenvalue weighted by Crippen LogP contribution is -2.30. The van der Waals surface area contributed by atoms with Crippen LogP contribution in [0.3, 0.4) is 0 Å². The van der Waals surface area contributed by atoms with Crippen LogP contribution in [0.5, 0.6) is 0 Å². The smallest absolute Gasteiger partial charge is 0.462 e. The van der Waals surface area contributed by atoms with Crippen molar-refractivity contribution in [3.8, 4) is 0 Å². The number of phosphoric acid groups is 2. The minimum absolute atomic E-state index is 0.103. The Balaban J connectivity index is 5.19. The van der Waals surface area contributed by atoms with E-state index in [4.69, 9.17) is 37.0 Å². The van der Waals surface area contributed by atoms with Crippen molar-refractivity contribution in [2.75, 3.05) is 39.6 Å². The Bertz CT molecular complexity index is 1600. The van der Waals surface area contributed by atoms with E-state index in [1.807, 2.05) is 0 Å². The lowest BCUT2D eigenvalue weighted by Gasteiger charge is -2.21. The topological polar surface area (TPSA) is 237 Å². The number of unbranched alkanes of at least 4 members (excludes halogenated alkanes) is 31. The number of carbonyl (C=O) groups excluding carboxylic acids is 4. The summed E-state index contributed by atoms with van der Waals surface area (Å²) in [5.74, 6) is -0.624. The summed E-state index contributed by atoms with van der Waals surface area (Å²) in [6.07, 6.45) is 36.4. The number of aliphatic hydroxyl groups excluding tert-OH is 1. The van der Waals surface area contributed by atoms with Crippen LogP contribution in [0.15, 0.2) is 0 Å². The average molecular weight is 1200 g/mol. The van der Waals surface area contributed by atoms with Crippen LogP contribution in [0.2, 0.25) is 0 Å². The van der Waals surface area contributed by atoms with Crippen molar-refractivity contribution in [1.82, 2.24) is 0 Å². The fraction of sp³-hybridized carbons (Fsp3) is 0.935. The molecule has 0 aliphatic rings. The maximum Gasteiger partial charge on any atom is 0.472 e. The van der Waals surface area contributed by atoms with Gasteiger partial charge in [-0.25, -0.2) is 9.13 Å². The zero-order valence-electron chi connectivity index (χ0n) is 52.1. The van der Waals surface area contributed by atoms with Gasteiger partial charge < -0.3 is 33.8 Å². The molecule has 17 nitrogen and oxygen atoms in total. The van der Waals surface area contributed by atoms with Crippen LogP contribution in [0.4, 0.5) is 0 Å². The third-order valence-electron chi connectivity index (χ3n) is 14.2. The van der Waals surface area contributed by atoms with Gasteiger partial charge in [-0.05, 0) is 37.5 Å². The minimum Gasteiger partial charge on any atom is -0.462 e. The molecule has 0 aromatic heterocycles. The van der Waals surface area contributed by atoms with Crippen molar-refractivity contribution in [2.24, 2.45) is 11.8 Å². The van der Waals surface area contributed by atoms with E-state index >= 15 is 0 Å². The number of hydrogen-bond acceptors (Lipinski definition) is 15. The molecular weight excluding hydrogens is 1080 g/mol. The predicted molar refractivity (Wildman–Crippen MR) is 321 cm³/mol.